The van der Waals surface area contributed by atoms with E-state index in [2.05, 4.69) is 4.74 Å². The minimum absolute atomic E-state index is 0.373. The van der Waals surface area contributed by atoms with E-state index < -0.39 is 17.7 Å². The second-order valence-corrected chi connectivity index (χ2v) is 5.65. The summed E-state index contributed by atoms with van der Waals surface area (Å²) in [5, 5.41) is 0.757. The van der Waals surface area contributed by atoms with E-state index in [1.807, 2.05) is 24.3 Å². The van der Waals surface area contributed by atoms with Gasteiger partial charge in [0.25, 0.3) is 0 Å². The second-order valence-electron chi connectivity index (χ2n) is 5.65. The second kappa shape index (κ2) is 7.31. The number of carbonyl (C=O) groups excluding carboxylic acids is 1. The highest BCUT2D eigenvalue weighted by atomic mass is 16.6. The number of esters is 1. The Morgan fingerprint density at radius 1 is 1.00 bits per heavy atom. The maximum absolute atomic E-state index is 12.0. The molecule has 0 saturated carbocycles. The molecule has 6 nitrogen and oxygen atoms in total. The minimum Gasteiger partial charge on any atom is -0.497 e. The van der Waals surface area contributed by atoms with Crippen molar-refractivity contribution in [2.24, 2.45) is 0 Å². The average molecular weight is 354 g/mol. The van der Waals surface area contributed by atoms with Crippen molar-refractivity contribution in [1.29, 1.82) is 0 Å². The van der Waals surface area contributed by atoms with Crippen molar-refractivity contribution in [2.75, 3.05) is 14.2 Å². The molecule has 1 aromatic heterocycles. The zero-order valence-corrected chi connectivity index (χ0v) is 14.6. The summed E-state index contributed by atoms with van der Waals surface area (Å²) in [4.78, 5) is 23.5. The van der Waals surface area contributed by atoms with Crippen molar-refractivity contribution < 1.29 is 23.4 Å². The molecule has 0 N–H and O–H groups in total. The van der Waals surface area contributed by atoms with Gasteiger partial charge in [0, 0.05) is 17.5 Å². The van der Waals surface area contributed by atoms with E-state index in [9.17, 15) is 9.59 Å². The Hall–Kier alpha value is -3.28. The van der Waals surface area contributed by atoms with Crippen LogP contribution in [0.1, 0.15) is 6.92 Å². The van der Waals surface area contributed by atoms with E-state index in [1.54, 1.807) is 32.2 Å². The third-order valence-electron chi connectivity index (χ3n) is 3.96. The molecule has 1 heterocycles. The molecule has 0 radical (unpaired) electrons. The van der Waals surface area contributed by atoms with E-state index in [1.165, 1.54) is 13.2 Å². The first-order valence-electron chi connectivity index (χ1n) is 7.98. The Balaban J connectivity index is 2.03. The number of rotatable bonds is 5. The number of benzene rings is 2. The van der Waals surface area contributed by atoms with Crippen LogP contribution in [0.4, 0.5) is 0 Å². The Labute approximate surface area is 149 Å². The quantitative estimate of drug-likeness (QED) is 0.516. The van der Waals surface area contributed by atoms with E-state index >= 15 is 0 Å². The first-order valence-corrected chi connectivity index (χ1v) is 7.98. The maximum atomic E-state index is 12.0. The summed E-state index contributed by atoms with van der Waals surface area (Å²) in [6.45, 7) is 1.58. The fourth-order valence-corrected chi connectivity index (χ4v) is 2.64. The summed E-state index contributed by atoms with van der Waals surface area (Å²) in [7, 11) is 2.89. The zero-order chi connectivity index (χ0) is 18.7. The molecule has 0 aliphatic heterocycles. The standard InChI is InChI=1S/C20H18O6/c1-12(20(22)24-3)25-15-8-9-16-17(11-19(21)26-18(16)10-15)13-4-6-14(23-2)7-5-13/h4-12H,1-3H3. The molecule has 0 bridgehead atoms. The maximum Gasteiger partial charge on any atom is 0.346 e. The van der Waals surface area contributed by atoms with Gasteiger partial charge in [-0.15, -0.1) is 0 Å². The summed E-state index contributed by atoms with van der Waals surface area (Å²) in [6.07, 6.45) is -0.769. The fourth-order valence-electron chi connectivity index (χ4n) is 2.64. The lowest BCUT2D eigenvalue weighted by molar-refractivity contribution is -0.147. The SMILES string of the molecule is COC(=O)C(C)Oc1ccc2c(-c3ccc(OC)cc3)cc(=O)oc2c1. The van der Waals surface area contributed by atoms with Crippen molar-refractivity contribution in [3.63, 3.8) is 0 Å². The average Bonchev–Trinajstić information content (AvgIpc) is 2.66. The lowest BCUT2D eigenvalue weighted by Gasteiger charge is -2.13. The van der Waals surface area contributed by atoms with E-state index in [0.29, 0.717) is 11.3 Å². The van der Waals surface area contributed by atoms with Crippen molar-refractivity contribution in [1.82, 2.24) is 0 Å². The molecule has 0 amide bonds. The van der Waals surface area contributed by atoms with Crippen LogP contribution in [-0.2, 0) is 9.53 Å². The minimum atomic E-state index is -0.769. The normalized spacial score (nSPS) is 11.8. The first-order chi connectivity index (χ1) is 12.5. The summed E-state index contributed by atoms with van der Waals surface area (Å²) < 4.78 is 20.6. The Bertz CT molecular complexity index is 987. The molecule has 0 spiro atoms. The summed E-state index contributed by atoms with van der Waals surface area (Å²) in [5.41, 5.74) is 1.51. The Morgan fingerprint density at radius 3 is 2.35 bits per heavy atom. The highest BCUT2D eigenvalue weighted by Gasteiger charge is 2.16. The van der Waals surface area contributed by atoms with Gasteiger partial charge in [0.15, 0.2) is 6.10 Å². The number of ether oxygens (including phenoxy) is 3. The molecule has 0 aliphatic rings. The highest BCUT2D eigenvalue weighted by Crippen LogP contribution is 2.31. The van der Waals surface area contributed by atoms with Gasteiger partial charge < -0.3 is 18.6 Å². The summed E-state index contributed by atoms with van der Waals surface area (Å²) in [5.74, 6) is 0.650. The van der Waals surface area contributed by atoms with Crippen LogP contribution in [0.15, 0.2) is 57.7 Å². The van der Waals surface area contributed by atoms with Gasteiger partial charge in [0.1, 0.15) is 17.1 Å². The fraction of sp³-hybridized carbons (Fsp3) is 0.200. The van der Waals surface area contributed by atoms with Crippen molar-refractivity contribution in [3.8, 4) is 22.6 Å². The van der Waals surface area contributed by atoms with Crippen molar-refractivity contribution in [3.05, 3.63) is 59.0 Å². The summed E-state index contributed by atoms with van der Waals surface area (Å²) >= 11 is 0. The predicted octanol–water partition coefficient (Wildman–Crippen LogP) is 3.41. The molecule has 26 heavy (non-hydrogen) atoms. The number of carbonyl (C=O) groups is 1. The van der Waals surface area contributed by atoms with E-state index in [0.717, 1.165) is 22.3 Å². The molecule has 6 heteroatoms. The van der Waals surface area contributed by atoms with Crippen molar-refractivity contribution in [2.45, 2.75) is 13.0 Å². The van der Waals surface area contributed by atoms with Gasteiger partial charge in [-0.05, 0) is 42.3 Å². The van der Waals surface area contributed by atoms with Gasteiger partial charge in [0.2, 0.25) is 0 Å². The predicted molar refractivity (Wildman–Crippen MR) is 96.6 cm³/mol. The number of fused-ring (bicyclic) bond motifs is 1. The number of hydrogen-bond acceptors (Lipinski definition) is 6. The van der Waals surface area contributed by atoms with Crippen LogP contribution in [0.25, 0.3) is 22.1 Å². The molecule has 1 unspecified atom stereocenters. The van der Waals surface area contributed by atoms with E-state index in [-0.39, 0.29) is 0 Å². The molecule has 2 aromatic carbocycles. The van der Waals surface area contributed by atoms with Crippen molar-refractivity contribution >= 4 is 16.9 Å². The highest BCUT2D eigenvalue weighted by molar-refractivity contribution is 5.93. The van der Waals surface area contributed by atoms with Crippen LogP contribution < -0.4 is 15.1 Å². The van der Waals surface area contributed by atoms with Gasteiger partial charge in [-0.2, -0.15) is 0 Å². The molecule has 0 aliphatic carbocycles. The van der Waals surface area contributed by atoms with Crippen LogP contribution in [0.3, 0.4) is 0 Å². The molecule has 134 valence electrons. The van der Waals surface area contributed by atoms with Crippen LogP contribution in [0.5, 0.6) is 11.5 Å². The lowest BCUT2D eigenvalue weighted by atomic mass is 10.0. The van der Waals surface area contributed by atoms with Crippen LogP contribution >= 0.6 is 0 Å². The molecular formula is C20H18O6. The molecule has 0 saturated heterocycles. The monoisotopic (exact) mass is 354 g/mol. The Morgan fingerprint density at radius 2 is 1.69 bits per heavy atom. The van der Waals surface area contributed by atoms with Gasteiger partial charge in [-0.1, -0.05) is 12.1 Å². The van der Waals surface area contributed by atoms with Crippen LogP contribution in [0, 0.1) is 0 Å². The zero-order valence-electron chi connectivity index (χ0n) is 14.6. The summed E-state index contributed by atoms with van der Waals surface area (Å²) in [6, 6.07) is 13.9. The molecule has 3 rings (SSSR count). The third-order valence-corrected chi connectivity index (χ3v) is 3.96. The molecule has 0 fully saturated rings. The van der Waals surface area contributed by atoms with Gasteiger partial charge in [0.05, 0.1) is 14.2 Å². The van der Waals surface area contributed by atoms with Gasteiger partial charge >= 0.3 is 11.6 Å². The smallest absolute Gasteiger partial charge is 0.346 e. The van der Waals surface area contributed by atoms with Crippen LogP contribution in [0.2, 0.25) is 0 Å². The first kappa shape index (κ1) is 17.5. The largest absolute Gasteiger partial charge is 0.497 e. The van der Waals surface area contributed by atoms with Crippen LogP contribution in [-0.4, -0.2) is 26.3 Å². The van der Waals surface area contributed by atoms with E-state index in [4.69, 9.17) is 13.9 Å². The topological polar surface area (TPSA) is 75.0 Å². The van der Waals surface area contributed by atoms with Gasteiger partial charge in [-0.25, -0.2) is 9.59 Å². The molecular weight excluding hydrogens is 336 g/mol. The number of hydrogen-bond donors (Lipinski definition) is 0. The molecule has 3 aromatic rings. The lowest BCUT2D eigenvalue weighted by Crippen LogP contribution is -2.24. The third kappa shape index (κ3) is 3.54. The number of methoxy groups -OCH3 is 2. The Kier molecular flexibility index (Phi) is 4.93. The van der Waals surface area contributed by atoms with Gasteiger partial charge in [-0.3, -0.25) is 0 Å². The molecule has 1 atom stereocenters.